The monoisotopic (exact) mass is 598 g/mol. The molecule has 7 rings (SSSR count). The maximum absolute atomic E-state index is 10.5. The number of rotatable bonds is 8. The molecule has 6 aromatic carbocycles. The summed E-state index contributed by atoms with van der Waals surface area (Å²) in [4.78, 5) is 4.46. The molecule has 0 amide bonds. The van der Waals surface area contributed by atoms with E-state index in [2.05, 4.69) is 113 Å². The fourth-order valence-corrected chi connectivity index (χ4v) is 6.36. The van der Waals surface area contributed by atoms with E-state index in [-0.39, 0.29) is 11.5 Å². The minimum atomic E-state index is -0.529. The van der Waals surface area contributed by atoms with Crippen LogP contribution in [0, 0.1) is 0 Å². The van der Waals surface area contributed by atoms with Gasteiger partial charge in [0.15, 0.2) is 0 Å². The summed E-state index contributed by atoms with van der Waals surface area (Å²) in [7, 11) is 0. The first-order chi connectivity index (χ1) is 22.6. The zero-order chi connectivity index (χ0) is 31.3. The van der Waals surface area contributed by atoms with Crippen molar-refractivity contribution >= 4 is 34.0 Å². The van der Waals surface area contributed by atoms with Crippen molar-refractivity contribution in [1.82, 2.24) is 0 Å². The van der Waals surface area contributed by atoms with E-state index in [0.29, 0.717) is 6.42 Å². The van der Waals surface area contributed by atoms with Crippen molar-refractivity contribution < 1.29 is 10.2 Å². The SMILES string of the molecule is Oc1cccc(N(c2ccccc2)c2ccc(C3=CCC(c4ccccc4)(N(c4ccccc4)c4cccc(O)c4)C=C3)cc2)c1. The van der Waals surface area contributed by atoms with Crippen molar-refractivity contribution in [3.63, 3.8) is 0 Å². The molecule has 0 saturated heterocycles. The van der Waals surface area contributed by atoms with Crippen LogP contribution in [0.25, 0.3) is 5.57 Å². The predicted octanol–water partition coefficient (Wildman–Crippen LogP) is 10.6. The molecule has 0 fully saturated rings. The van der Waals surface area contributed by atoms with E-state index in [4.69, 9.17) is 0 Å². The third kappa shape index (κ3) is 5.64. The zero-order valence-corrected chi connectivity index (χ0v) is 25.3. The van der Waals surface area contributed by atoms with Gasteiger partial charge < -0.3 is 20.0 Å². The molecule has 4 heteroatoms. The molecule has 6 aromatic rings. The second-order valence-corrected chi connectivity index (χ2v) is 11.4. The van der Waals surface area contributed by atoms with Crippen LogP contribution >= 0.6 is 0 Å². The number of para-hydroxylation sites is 2. The molecule has 4 nitrogen and oxygen atoms in total. The maximum Gasteiger partial charge on any atom is 0.117 e. The largest absolute Gasteiger partial charge is 0.508 e. The van der Waals surface area contributed by atoms with E-state index in [1.165, 1.54) is 0 Å². The van der Waals surface area contributed by atoms with Crippen LogP contribution in [-0.2, 0) is 5.54 Å². The van der Waals surface area contributed by atoms with Gasteiger partial charge in [0.1, 0.15) is 11.5 Å². The van der Waals surface area contributed by atoms with Crippen molar-refractivity contribution in [1.29, 1.82) is 0 Å². The summed E-state index contributed by atoms with van der Waals surface area (Å²) < 4.78 is 0. The van der Waals surface area contributed by atoms with Crippen molar-refractivity contribution in [3.05, 3.63) is 193 Å². The zero-order valence-electron chi connectivity index (χ0n) is 25.3. The van der Waals surface area contributed by atoms with Gasteiger partial charge in [0.05, 0.1) is 5.54 Å². The molecule has 2 N–H and O–H groups in total. The lowest BCUT2D eigenvalue weighted by Crippen LogP contribution is -2.42. The molecule has 0 spiro atoms. The summed E-state index contributed by atoms with van der Waals surface area (Å²) in [5.41, 5.74) is 7.74. The molecule has 1 aliphatic rings. The topological polar surface area (TPSA) is 46.9 Å². The van der Waals surface area contributed by atoms with Gasteiger partial charge in [-0.1, -0.05) is 109 Å². The summed E-state index contributed by atoms with van der Waals surface area (Å²) in [6.45, 7) is 0. The van der Waals surface area contributed by atoms with Crippen LogP contribution in [0.2, 0.25) is 0 Å². The van der Waals surface area contributed by atoms with E-state index in [9.17, 15) is 10.2 Å². The Morgan fingerprint density at radius 1 is 0.478 bits per heavy atom. The normalized spacial score (nSPS) is 15.6. The Hall–Kier alpha value is -6.00. The van der Waals surface area contributed by atoms with Crippen molar-refractivity contribution in [2.75, 3.05) is 9.80 Å². The number of anilines is 5. The number of benzene rings is 6. The Kier molecular flexibility index (Phi) is 7.84. The molecule has 0 bridgehead atoms. The van der Waals surface area contributed by atoms with Gasteiger partial charge in [0.2, 0.25) is 0 Å². The number of phenolic OH excluding ortho intramolecular Hbond substituents is 2. The quantitative estimate of drug-likeness (QED) is 0.183. The van der Waals surface area contributed by atoms with E-state index in [0.717, 1.165) is 45.1 Å². The van der Waals surface area contributed by atoms with Crippen LogP contribution in [-0.4, -0.2) is 10.2 Å². The number of hydrogen-bond donors (Lipinski definition) is 2. The van der Waals surface area contributed by atoms with Crippen molar-refractivity contribution in [2.45, 2.75) is 12.0 Å². The van der Waals surface area contributed by atoms with Gasteiger partial charge in [0.25, 0.3) is 0 Å². The summed E-state index contributed by atoms with van der Waals surface area (Å²) >= 11 is 0. The second kappa shape index (κ2) is 12.5. The highest BCUT2D eigenvalue weighted by Gasteiger charge is 2.38. The number of hydrogen-bond acceptors (Lipinski definition) is 4. The maximum atomic E-state index is 10.5. The lowest BCUT2D eigenvalue weighted by molar-refractivity contribution is 0.474. The summed E-state index contributed by atoms with van der Waals surface area (Å²) in [6.07, 6.45) is 7.54. The fraction of sp³-hybridized carbons (Fsp3) is 0.0476. The Morgan fingerprint density at radius 3 is 1.59 bits per heavy atom. The number of aromatic hydroxyl groups is 2. The molecule has 1 aliphatic carbocycles. The van der Waals surface area contributed by atoms with Crippen LogP contribution in [0.3, 0.4) is 0 Å². The average Bonchev–Trinajstić information content (AvgIpc) is 3.11. The highest BCUT2D eigenvalue weighted by Crippen LogP contribution is 2.47. The van der Waals surface area contributed by atoms with Crippen molar-refractivity contribution in [3.8, 4) is 11.5 Å². The van der Waals surface area contributed by atoms with Crippen LogP contribution in [0.1, 0.15) is 17.5 Å². The number of allylic oxidation sites excluding steroid dienone is 2. The molecular weight excluding hydrogens is 564 g/mol. The molecule has 0 radical (unpaired) electrons. The van der Waals surface area contributed by atoms with Gasteiger partial charge >= 0.3 is 0 Å². The molecule has 0 aromatic heterocycles. The first kappa shape index (κ1) is 28.8. The second-order valence-electron chi connectivity index (χ2n) is 11.4. The molecule has 0 saturated carbocycles. The fourth-order valence-electron chi connectivity index (χ4n) is 6.36. The van der Waals surface area contributed by atoms with Gasteiger partial charge in [-0.25, -0.2) is 0 Å². The first-order valence-corrected chi connectivity index (χ1v) is 15.4. The Bertz CT molecular complexity index is 1990. The number of nitrogens with zero attached hydrogens (tertiary/aromatic N) is 2. The molecule has 224 valence electrons. The van der Waals surface area contributed by atoms with E-state index >= 15 is 0 Å². The Balaban J connectivity index is 1.27. The highest BCUT2D eigenvalue weighted by molar-refractivity contribution is 5.82. The number of phenols is 2. The molecule has 1 unspecified atom stereocenters. The van der Waals surface area contributed by atoms with Gasteiger partial charge in [-0.05, 0) is 83.8 Å². The van der Waals surface area contributed by atoms with Crippen LogP contribution in [0.5, 0.6) is 11.5 Å². The minimum Gasteiger partial charge on any atom is -0.508 e. The summed E-state index contributed by atoms with van der Waals surface area (Å²) in [6, 6.07) is 54.5. The van der Waals surface area contributed by atoms with Crippen LogP contribution < -0.4 is 9.80 Å². The Labute approximate surface area is 270 Å². The van der Waals surface area contributed by atoms with Crippen LogP contribution in [0.4, 0.5) is 28.4 Å². The van der Waals surface area contributed by atoms with E-state index in [1.54, 1.807) is 18.2 Å². The third-order valence-corrected chi connectivity index (χ3v) is 8.51. The first-order valence-electron chi connectivity index (χ1n) is 15.4. The molecular formula is C42H34N2O2. The lowest BCUT2D eigenvalue weighted by Gasteiger charge is -2.45. The molecule has 46 heavy (non-hydrogen) atoms. The third-order valence-electron chi connectivity index (χ3n) is 8.51. The predicted molar refractivity (Wildman–Crippen MR) is 189 cm³/mol. The minimum absolute atomic E-state index is 0.227. The van der Waals surface area contributed by atoms with Gasteiger partial charge in [-0.2, -0.15) is 0 Å². The summed E-state index contributed by atoms with van der Waals surface area (Å²) in [5.74, 6) is 0.456. The van der Waals surface area contributed by atoms with Gasteiger partial charge in [-0.15, -0.1) is 0 Å². The Morgan fingerprint density at radius 2 is 1.00 bits per heavy atom. The highest BCUT2D eigenvalue weighted by atomic mass is 16.3. The standard InChI is InChI=1S/C42H34N2O2/c45-40-20-10-18-38(30-40)43(35-14-6-2-7-15-35)36-24-22-32(23-25-36)33-26-28-42(29-27-33,34-12-4-1-5-13-34)44(37-16-8-3-9-17-37)39-19-11-21-41(46)31-39/h1-28,30-31,45-46H,29H2. The average molecular weight is 599 g/mol. The van der Waals surface area contributed by atoms with E-state index < -0.39 is 5.54 Å². The smallest absolute Gasteiger partial charge is 0.117 e. The van der Waals surface area contributed by atoms with Gasteiger partial charge in [-0.3, -0.25) is 0 Å². The van der Waals surface area contributed by atoms with Gasteiger partial charge in [0, 0.05) is 40.6 Å². The molecule has 1 atom stereocenters. The van der Waals surface area contributed by atoms with Crippen molar-refractivity contribution in [2.24, 2.45) is 0 Å². The lowest BCUT2D eigenvalue weighted by atomic mass is 9.79. The molecule has 0 heterocycles. The van der Waals surface area contributed by atoms with Crippen LogP contribution in [0.15, 0.2) is 182 Å². The van der Waals surface area contributed by atoms with E-state index in [1.807, 2.05) is 60.7 Å². The molecule has 0 aliphatic heterocycles. The summed E-state index contributed by atoms with van der Waals surface area (Å²) in [5, 5.41) is 20.7.